The summed E-state index contributed by atoms with van der Waals surface area (Å²) in [6.07, 6.45) is 2.36. The molecule has 2 rings (SSSR count). The van der Waals surface area contributed by atoms with Gasteiger partial charge in [-0.3, -0.25) is 4.72 Å². The third kappa shape index (κ3) is 2.58. The molecule has 0 saturated heterocycles. The highest BCUT2D eigenvalue weighted by Gasteiger charge is 2.17. The van der Waals surface area contributed by atoms with Crippen LogP contribution >= 0.6 is 23.2 Å². The van der Waals surface area contributed by atoms with E-state index in [-0.39, 0.29) is 20.8 Å². The molecule has 0 fully saturated rings. The van der Waals surface area contributed by atoms with Crippen molar-refractivity contribution in [2.45, 2.75) is 5.03 Å². The largest absolute Gasteiger partial charge is 0.334 e. The lowest BCUT2D eigenvalue weighted by molar-refractivity contribution is 0.598. The Balaban J connectivity index is 2.36. The lowest BCUT2D eigenvalue weighted by Crippen LogP contribution is -2.13. The minimum atomic E-state index is -3.82. The Hall–Kier alpha value is -1.31. The number of H-pyrrole nitrogens is 1. The molecule has 0 aliphatic carbocycles. The van der Waals surface area contributed by atoms with Gasteiger partial charge in [0.15, 0.2) is 10.8 Å². The molecule has 2 N–H and O–H groups in total. The number of benzene rings is 1. The van der Waals surface area contributed by atoms with Crippen LogP contribution in [0.4, 0.5) is 10.1 Å². The van der Waals surface area contributed by atoms with E-state index >= 15 is 0 Å². The molecule has 18 heavy (non-hydrogen) atoms. The van der Waals surface area contributed by atoms with Gasteiger partial charge < -0.3 is 4.98 Å². The first-order valence-electron chi connectivity index (χ1n) is 4.56. The Kier molecular flexibility index (Phi) is 3.47. The Labute approximate surface area is 112 Å². The number of aromatic amines is 1. The molecule has 0 unspecified atom stereocenters. The summed E-state index contributed by atoms with van der Waals surface area (Å²) in [5, 5.41) is -0.673. The van der Waals surface area contributed by atoms with Crippen molar-refractivity contribution in [3.05, 3.63) is 40.5 Å². The first-order chi connectivity index (χ1) is 8.40. The Morgan fingerprint density at radius 2 is 1.89 bits per heavy atom. The van der Waals surface area contributed by atoms with Crippen molar-refractivity contribution >= 4 is 38.9 Å². The van der Waals surface area contributed by atoms with Crippen LogP contribution in [0, 0.1) is 5.82 Å². The van der Waals surface area contributed by atoms with Gasteiger partial charge in [0.25, 0.3) is 10.0 Å². The predicted octanol–water partition coefficient (Wildman–Crippen LogP) is 2.66. The highest BCUT2D eigenvalue weighted by molar-refractivity contribution is 7.92. The van der Waals surface area contributed by atoms with Crippen LogP contribution in [-0.2, 0) is 10.0 Å². The molecule has 9 heteroatoms. The fourth-order valence-electron chi connectivity index (χ4n) is 1.21. The minimum Gasteiger partial charge on any atom is -0.334 e. The average molecular weight is 310 g/mol. The molecular formula is C9H6Cl2FN3O2S. The van der Waals surface area contributed by atoms with E-state index in [0.29, 0.717) is 0 Å². The number of nitrogens with zero attached hydrogens (tertiary/aromatic N) is 1. The van der Waals surface area contributed by atoms with Crippen LogP contribution in [-0.4, -0.2) is 18.4 Å². The minimum absolute atomic E-state index is 0.0565. The van der Waals surface area contributed by atoms with Crippen LogP contribution in [0.5, 0.6) is 0 Å². The first kappa shape index (κ1) is 13.1. The van der Waals surface area contributed by atoms with Gasteiger partial charge >= 0.3 is 0 Å². The average Bonchev–Trinajstić information content (AvgIpc) is 2.79. The number of hydrogen-bond donors (Lipinski definition) is 2. The molecule has 1 heterocycles. The molecule has 0 radical (unpaired) electrons. The van der Waals surface area contributed by atoms with Gasteiger partial charge in [0, 0.05) is 0 Å². The van der Waals surface area contributed by atoms with E-state index in [2.05, 4.69) is 14.7 Å². The zero-order valence-electron chi connectivity index (χ0n) is 8.62. The van der Waals surface area contributed by atoms with Crippen LogP contribution in [0.25, 0.3) is 0 Å². The molecular weight excluding hydrogens is 304 g/mol. The maximum atomic E-state index is 13.2. The van der Waals surface area contributed by atoms with Crippen LogP contribution < -0.4 is 4.72 Å². The number of halogens is 3. The third-order valence-corrected chi connectivity index (χ3v) is 3.86. The monoisotopic (exact) mass is 309 g/mol. The molecule has 0 aliphatic rings. The first-order valence-corrected chi connectivity index (χ1v) is 6.80. The Bertz CT molecular complexity index is 650. The van der Waals surface area contributed by atoms with Crippen molar-refractivity contribution in [1.82, 2.24) is 9.97 Å². The third-order valence-electron chi connectivity index (χ3n) is 2.00. The molecule has 96 valence electrons. The van der Waals surface area contributed by atoms with Gasteiger partial charge in [-0.15, -0.1) is 0 Å². The molecule has 0 bridgehead atoms. The van der Waals surface area contributed by atoms with Gasteiger partial charge in [-0.25, -0.2) is 9.37 Å². The number of imidazole rings is 1. The maximum Gasteiger partial charge on any atom is 0.278 e. The summed E-state index contributed by atoms with van der Waals surface area (Å²) in [5.41, 5.74) is 0.0565. The van der Waals surface area contributed by atoms with Crippen molar-refractivity contribution in [2.75, 3.05) is 4.72 Å². The lowest BCUT2D eigenvalue weighted by atomic mass is 10.3. The van der Waals surface area contributed by atoms with Crippen LogP contribution in [0.3, 0.4) is 0 Å². The zero-order chi connectivity index (χ0) is 13.3. The van der Waals surface area contributed by atoms with Gasteiger partial charge in [-0.2, -0.15) is 8.42 Å². The summed E-state index contributed by atoms with van der Waals surface area (Å²) in [5.74, 6) is -0.803. The van der Waals surface area contributed by atoms with Gasteiger partial charge in [0.2, 0.25) is 0 Å². The Morgan fingerprint density at radius 3 is 2.39 bits per heavy atom. The summed E-state index contributed by atoms with van der Waals surface area (Å²) in [6.45, 7) is 0. The summed E-state index contributed by atoms with van der Waals surface area (Å²) in [7, 11) is -3.82. The summed E-state index contributed by atoms with van der Waals surface area (Å²) >= 11 is 11.1. The number of aromatic nitrogens is 2. The molecule has 0 spiro atoms. The standard InChI is InChI=1S/C9H6Cl2FN3O2S/c10-6-1-5(2-7(11)9(6)12)15-18(16,17)8-3-13-4-14-8/h1-4,15H,(H,13,14). The van der Waals surface area contributed by atoms with Crippen molar-refractivity contribution < 1.29 is 12.8 Å². The second-order valence-corrected chi connectivity index (χ2v) is 5.74. The molecule has 5 nitrogen and oxygen atoms in total. The van der Waals surface area contributed by atoms with E-state index < -0.39 is 15.8 Å². The second kappa shape index (κ2) is 4.75. The highest BCUT2D eigenvalue weighted by atomic mass is 35.5. The van der Waals surface area contributed by atoms with E-state index in [1.165, 1.54) is 6.33 Å². The highest BCUT2D eigenvalue weighted by Crippen LogP contribution is 2.28. The van der Waals surface area contributed by atoms with Crippen molar-refractivity contribution in [1.29, 1.82) is 0 Å². The molecule has 1 aromatic heterocycles. The topological polar surface area (TPSA) is 74.8 Å². The maximum absolute atomic E-state index is 13.2. The van der Waals surface area contributed by atoms with Crippen molar-refractivity contribution in [3.8, 4) is 0 Å². The SMILES string of the molecule is O=S(=O)(Nc1cc(Cl)c(F)c(Cl)c1)c1cnc[nH]1. The van der Waals surface area contributed by atoms with E-state index in [4.69, 9.17) is 23.2 Å². The summed E-state index contributed by atoms with van der Waals surface area (Å²) < 4.78 is 39.0. The van der Waals surface area contributed by atoms with Crippen LogP contribution in [0.1, 0.15) is 0 Å². The second-order valence-electron chi connectivity index (χ2n) is 3.28. The number of rotatable bonds is 3. The van der Waals surface area contributed by atoms with E-state index in [1.54, 1.807) is 0 Å². The fourth-order valence-corrected chi connectivity index (χ4v) is 2.65. The van der Waals surface area contributed by atoms with Crippen LogP contribution in [0.2, 0.25) is 10.0 Å². The summed E-state index contributed by atoms with van der Waals surface area (Å²) in [6, 6.07) is 2.24. The molecule has 0 saturated carbocycles. The molecule has 1 aromatic carbocycles. The van der Waals surface area contributed by atoms with Gasteiger partial charge in [-0.1, -0.05) is 23.2 Å². The lowest BCUT2D eigenvalue weighted by Gasteiger charge is -2.07. The van der Waals surface area contributed by atoms with Crippen molar-refractivity contribution in [2.24, 2.45) is 0 Å². The van der Waals surface area contributed by atoms with E-state index in [0.717, 1.165) is 18.3 Å². The van der Waals surface area contributed by atoms with Crippen LogP contribution in [0.15, 0.2) is 29.7 Å². The van der Waals surface area contributed by atoms with E-state index in [1.807, 2.05) is 0 Å². The molecule has 0 amide bonds. The predicted molar refractivity (Wildman–Crippen MR) is 65.8 cm³/mol. The van der Waals surface area contributed by atoms with E-state index in [9.17, 15) is 12.8 Å². The summed E-state index contributed by atoms with van der Waals surface area (Å²) in [4.78, 5) is 6.03. The number of hydrogen-bond acceptors (Lipinski definition) is 3. The normalized spacial score (nSPS) is 11.5. The number of sulfonamides is 1. The molecule has 0 atom stereocenters. The smallest absolute Gasteiger partial charge is 0.278 e. The number of anilines is 1. The quantitative estimate of drug-likeness (QED) is 0.856. The van der Waals surface area contributed by atoms with Gasteiger partial charge in [0.05, 0.1) is 28.3 Å². The fraction of sp³-hybridized carbons (Fsp3) is 0. The number of nitrogens with one attached hydrogen (secondary N) is 2. The van der Waals surface area contributed by atoms with Gasteiger partial charge in [0.1, 0.15) is 0 Å². The van der Waals surface area contributed by atoms with Crippen molar-refractivity contribution in [3.63, 3.8) is 0 Å². The molecule has 0 aliphatic heterocycles. The Morgan fingerprint density at radius 1 is 1.28 bits per heavy atom. The van der Waals surface area contributed by atoms with Gasteiger partial charge in [-0.05, 0) is 12.1 Å². The zero-order valence-corrected chi connectivity index (χ0v) is 10.9. The molecule has 2 aromatic rings.